The predicted octanol–water partition coefficient (Wildman–Crippen LogP) is 2.53. The minimum absolute atomic E-state index is 0.255. The standard InChI is InChI=1S/C10H12Cl2N2/c11-8-2-1-3-9(10(8)12)14-5-4-7(13)6-14/h1-3,7H,4-6,13H2. The summed E-state index contributed by atoms with van der Waals surface area (Å²) < 4.78 is 0. The van der Waals surface area contributed by atoms with Crippen LogP contribution in [0.4, 0.5) is 5.69 Å². The Hall–Kier alpha value is -0.440. The number of anilines is 1. The largest absolute Gasteiger partial charge is 0.369 e. The van der Waals surface area contributed by atoms with Crippen molar-refractivity contribution in [3.63, 3.8) is 0 Å². The highest BCUT2D eigenvalue weighted by atomic mass is 35.5. The van der Waals surface area contributed by atoms with Crippen molar-refractivity contribution in [3.8, 4) is 0 Å². The third kappa shape index (κ3) is 1.83. The van der Waals surface area contributed by atoms with E-state index >= 15 is 0 Å². The molecule has 1 aromatic carbocycles. The Kier molecular flexibility index (Phi) is 2.86. The molecule has 76 valence electrons. The molecule has 1 aromatic rings. The summed E-state index contributed by atoms with van der Waals surface area (Å²) in [5.41, 5.74) is 6.83. The monoisotopic (exact) mass is 230 g/mol. The first-order valence-corrected chi connectivity index (χ1v) is 5.38. The first kappa shape index (κ1) is 10.1. The summed E-state index contributed by atoms with van der Waals surface area (Å²) in [6.45, 7) is 1.82. The molecule has 14 heavy (non-hydrogen) atoms. The van der Waals surface area contributed by atoms with Crippen LogP contribution >= 0.6 is 23.2 Å². The Morgan fingerprint density at radius 3 is 2.79 bits per heavy atom. The Labute approximate surface area is 93.6 Å². The summed E-state index contributed by atoms with van der Waals surface area (Å²) in [6.07, 6.45) is 1.02. The van der Waals surface area contributed by atoms with Crippen molar-refractivity contribution in [3.05, 3.63) is 28.2 Å². The predicted molar refractivity (Wildman–Crippen MR) is 61.3 cm³/mol. The van der Waals surface area contributed by atoms with Crippen LogP contribution in [0, 0.1) is 0 Å². The number of nitrogens with zero attached hydrogens (tertiary/aromatic N) is 1. The molecule has 2 rings (SSSR count). The maximum absolute atomic E-state index is 6.11. The quantitative estimate of drug-likeness (QED) is 0.804. The van der Waals surface area contributed by atoms with E-state index in [1.807, 2.05) is 12.1 Å². The molecule has 0 amide bonds. The van der Waals surface area contributed by atoms with Crippen LogP contribution in [0.5, 0.6) is 0 Å². The maximum atomic E-state index is 6.11. The smallest absolute Gasteiger partial charge is 0.0825 e. The van der Waals surface area contributed by atoms with Crippen LogP contribution in [0.25, 0.3) is 0 Å². The van der Waals surface area contributed by atoms with E-state index in [9.17, 15) is 0 Å². The van der Waals surface area contributed by atoms with E-state index in [1.54, 1.807) is 6.07 Å². The number of nitrogens with two attached hydrogens (primary N) is 1. The molecule has 1 fully saturated rings. The second-order valence-electron chi connectivity index (χ2n) is 3.57. The van der Waals surface area contributed by atoms with Crippen molar-refractivity contribution in [2.75, 3.05) is 18.0 Å². The molecular formula is C10H12Cl2N2. The average Bonchev–Trinajstić information content (AvgIpc) is 2.57. The third-order valence-electron chi connectivity index (χ3n) is 2.50. The first-order chi connectivity index (χ1) is 6.68. The second-order valence-corrected chi connectivity index (χ2v) is 4.35. The zero-order valence-electron chi connectivity index (χ0n) is 7.71. The molecule has 2 nitrogen and oxygen atoms in total. The topological polar surface area (TPSA) is 29.3 Å². The molecule has 4 heteroatoms. The normalized spacial score (nSPS) is 21.6. The molecule has 2 N–H and O–H groups in total. The fourth-order valence-corrected chi connectivity index (χ4v) is 2.16. The van der Waals surface area contributed by atoms with E-state index in [-0.39, 0.29) is 6.04 Å². The molecule has 0 radical (unpaired) electrons. The van der Waals surface area contributed by atoms with Crippen LogP contribution in [0.3, 0.4) is 0 Å². The lowest BCUT2D eigenvalue weighted by molar-refractivity contribution is 0.752. The Morgan fingerprint density at radius 1 is 1.36 bits per heavy atom. The molecule has 1 atom stereocenters. The number of rotatable bonds is 1. The number of halogens is 2. The fourth-order valence-electron chi connectivity index (χ4n) is 1.74. The van der Waals surface area contributed by atoms with Gasteiger partial charge in [0.1, 0.15) is 0 Å². The van der Waals surface area contributed by atoms with Crippen LogP contribution in [0.2, 0.25) is 10.0 Å². The molecule has 1 heterocycles. The second kappa shape index (κ2) is 3.97. The van der Waals surface area contributed by atoms with Crippen LogP contribution in [0.1, 0.15) is 6.42 Å². The summed E-state index contributed by atoms with van der Waals surface area (Å²) in [6, 6.07) is 5.94. The molecule has 1 aliphatic heterocycles. The van der Waals surface area contributed by atoms with Gasteiger partial charge >= 0.3 is 0 Å². The van der Waals surface area contributed by atoms with Crippen molar-refractivity contribution < 1.29 is 0 Å². The first-order valence-electron chi connectivity index (χ1n) is 4.63. The van der Waals surface area contributed by atoms with Gasteiger partial charge in [0.05, 0.1) is 15.7 Å². The molecule has 0 saturated carbocycles. The molecule has 1 aliphatic rings. The van der Waals surface area contributed by atoms with E-state index in [0.717, 1.165) is 25.2 Å². The lowest BCUT2D eigenvalue weighted by Gasteiger charge is -2.19. The SMILES string of the molecule is NC1CCN(c2cccc(Cl)c2Cl)C1. The zero-order chi connectivity index (χ0) is 10.1. The summed E-state index contributed by atoms with van der Waals surface area (Å²) in [5.74, 6) is 0. The van der Waals surface area contributed by atoms with Crippen molar-refractivity contribution >= 4 is 28.9 Å². The van der Waals surface area contributed by atoms with Crippen molar-refractivity contribution in [2.24, 2.45) is 5.73 Å². The average molecular weight is 231 g/mol. The van der Waals surface area contributed by atoms with Gasteiger partial charge in [-0.3, -0.25) is 0 Å². The maximum Gasteiger partial charge on any atom is 0.0825 e. The summed E-state index contributed by atoms with van der Waals surface area (Å²) in [4.78, 5) is 2.18. The van der Waals surface area contributed by atoms with Gasteiger partial charge in [0.15, 0.2) is 0 Å². The number of benzene rings is 1. The van der Waals surface area contributed by atoms with Crippen LogP contribution in [-0.4, -0.2) is 19.1 Å². The van der Waals surface area contributed by atoms with Gasteiger partial charge in [0.2, 0.25) is 0 Å². The molecule has 1 saturated heterocycles. The van der Waals surface area contributed by atoms with Crippen molar-refractivity contribution in [1.29, 1.82) is 0 Å². The van der Waals surface area contributed by atoms with Gasteiger partial charge in [-0.15, -0.1) is 0 Å². The summed E-state index contributed by atoms with van der Waals surface area (Å²) >= 11 is 12.0. The van der Waals surface area contributed by atoms with E-state index in [2.05, 4.69) is 4.90 Å². The third-order valence-corrected chi connectivity index (χ3v) is 3.31. The highest BCUT2D eigenvalue weighted by Crippen LogP contribution is 2.33. The van der Waals surface area contributed by atoms with Gasteiger partial charge in [-0.2, -0.15) is 0 Å². The van der Waals surface area contributed by atoms with Crippen molar-refractivity contribution in [2.45, 2.75) is 12.5 Å². The van der Waals surface area contributed by atoms with Gasteiger partial charge in [-0.05, 0) is 18.6 Å². The Balaban J connectivity index is 2.28. The Bertz CT molecular complexity index is 341. The minimum atomic E-state index is 0.255. The minimum Gasteiger partial charge on any atom is -0.369 e. The van der Waals surface area contributed by atoms with Crippen LogP contribution in [0.15, 0.2) is 18.2 Å². The van der Waals surface area contributed by atoms with Crippen LogP contribution < -0.4 is 10.6 Å². The van der Waals surface area contributed by atoms with Gasteiger partial charge < -0.3 is 10.6 Å². The summed E-state index contributed by atoms with van der Waals surface area (Å²) in [5, 5.41) is 1.23. The highest BCUT2D eigenvalue weighted by molar-refractivity contribution is 6.43. The summed E-state index contributed by atoms with van der Waals surface area (Å²) in [7, 11) is 0. The van der Waals surface area contributed by atoms with Gasteiger partial charge in [-0.25, -0.2) is 0 Å². The Morgan fingerprint density at radius 2 is 2.14 bits per heavy atom. The zero-order valence-corrected chi connectivity index (χ0v) is 9.22. The van der Waals surface area contributed by atoms with E-state index in [1.165, 1.54) is 0 Å². The molecule has 1 unspecified atom stereocenters. The molecule has 0 bridgehead atoms. The van der Waals surface area contributed by atoms with E-state index < -0.39 is 0 Å². The molecule has 0 aromatic heterocycles. The molecule has 0 spiro atoms. The lowest BCUT2D eigenvalue weighted by atomic mass is 10.3. The van der Waals surface area contributed by atoms with Crippen molar-refractivity contribution in [1.82, 2.24) is 0 Å². The molecular weight excluding hydrogens is 219 g/mol. The van der Waals surface area contributed by atoms with Gasteiger partial charge in [-0.1, -0.05) is 29.3 Å². The molecule has 0 aliphatic carbocycles. The van der Waals surface area contributed by atoms with Crippen LogP contribution in [-0.2, 0) is 0 Å². The van der Waals surface area contributed by atoms with E-state index in [4.69, 9.17) is 28.9 Å². The van der Waals surface area contributed by atoms with Gasteiger partial charge in [0.25, 0.3) is 0 Å². The highest BCUT2D eigenvalue weighted by Gasteiger charge is 2.21. The van der Waals surface area contributed by atoms with E-state index in [0.29, 0.717) is 10.0 Å². The lowest BCUT2D eigenvalue weighted by Crippen LogP contribution is -2.26. The fraction of sp³-hybridized carbons (Fsp3) is 0.400. The number of hydrogen-bond donors (Lipinski definition) is 1. The number of hydrogen-bond acceptors (Lipinski definition) is 2. The van der Waals surface area contributed by atoms with Gasteiger partial charge in [0, 0.05) is 19.1 Å².